The van der Waals surface area contributed by atoms with Gasteiger partial charge in [-0.3, -0.25) is 14.5 Å². The van der Waals surface area contributed by atoms with Gasteiger partial charge in [0.25, 0.3) is 11.8 Å². The lowest BCUT2D eigenvalue weighted by Crippen LogP contribution is -2.45. The summed E-state index contributed by atoms with van der Waals surface area (Å²) in [7, 11) is -2.60. The van der Waals surface area contributed by atoms with Gasteiger partial charge in [0.2, 0.25) is 10.0 Å². The first kappa shape index (κ1) is 21.8. The zero-order chi connectivity index (χ0) is 23.0. The lowest BCUT2D eigenvalue weighted by molar-refractivity contribution is -0.117. The third-order valence-corrected chi connectivity index (χ3v) is 6.19. The highest BCUT2D eigenvalue weighted by Crippen LogP contribution is 2.41. The first-order valence-electron chi connectivity index (χ1n) is 9.40. The number of amides is 2. The van der Waals surface area contributed by atoms with Crippen molar-refractivity contribution in [1.82, 2.24) is 0 Å². The van der Waals surface area contributed by atoms with Crippen LogP contribution in [-0.2, 0) is 14.8 Å². The van der Waals surface area contributed by atoms with Gasteiger partial charge in [-0.25, -0.2) is 13.6 Å². The molecule has 0 fully saturated rings. The second-order valence-corrected chi connectivity index (χ2v) is 9.04. The lowest BCUT2D eigenvalue weighted by Gasteiger charge is -2.37. The number of methoxy groups -OCH3 is 1. The second kappa shape index (κ2) is 8.27. The summed E-state index contributed by atoms with van der Waals surface area (Å²) in [4.78, 5) is 28.0. The number of carbonyl (C=O) groups excluding carboxylic acids is 2. The summed E-state index contributed by atoms with van der Waals surface area (Å²) in [5, 5.41) is 8.23. The zero-order valence-corrected chi connectivity index (χ0v) is 18.4. The molecule has 10 heteroatoms. The van der Waals surface area contributed by atoms with Crippen molar-refractivity contribution in [2.75, 3.05) is 17.3 Å². The summed E-state index contributed by atoms with van der Waals surface area (Å²) in [6.07, 6.45) is 0. The molecule has 0 saturated carbocycles. The van der Waals surface area contributed by atoms with E-state index in [2.05, 4.69) is 5.32 Å². The van der Waals surface area contributed by atoms with Crippen LogP contribution < -0.4 is 20.1 Å². The molecule has 2 amide bonds. The average molecular weight is 472 g/mol. The van der Waals surface area contributed by atoms with Crippen molar-refractivity contribution < 1.29 is 22.7 Å². The molecule has 3 N–H and O–H groups in total. The van der Waals surface area contributed by atoms with Gasteiger partial charge in [0.05, 0.1) is 28.9 Å². The Bertz CT molecular complexity index is 1330. The third-order valence-electron chi connectivity index (χ3n) is 5.05. The Hall–Kier alpha value is -3.40. The molecule has 0 spiro atoms. The molecule has 4 rings (SSSR count). The molecule has 32 heavy (non-hydrogen) atoms. The van der Waals surface area contributed by atoms with Gasteiger partial charge in [0.15, 0.2) is 0 Å². The molecular weight excluding hydrogens is 454 g/mol. The smallest absolute Gasteiger partial charge is 0.263 e. The number of hydrogen-bond donors (Lipinski definition) is 2. The van der Waals surface area contributed by atoms with E-state index in [0.29, 0.717) is 16.3 Å². The van der Waals surface area contributed by atoms with E-state index >= 15 is 0 Å². The minimum Gasteiger partial charge on any atom is -0.496 e. The van der Waals surface area contributed by atoms with E-state index in [-0.39, 0.29) is 21.9 Å². The normalized spacial score (nSPS) is 15.7. The number of carbonyl (C=O) groups is 2. The third kappa shape index (κ3) is 3.93. The maximum absolute atomic E-state index is 13.8. The predicted molar refractivity (Wildman–Crippen MR) is 120 cm³/mol. The summed E-state index contributed by atoms with van der Waals surface area (Å²) in [5.41, 5.74) is 1.17. The molecule has 3 aromatic rings. The molecule has 1 unspecified atom stereocenters. The Balaban J connectivity index is 1.94. The molecule has 164 valence electrons. The summed E-state index contributed by atoms with van der Waals surface area (Å²) in [5.74, 6) is -0.776. The second-order valence-electron chi connectivity index (χ2n) is 7.05. The number of ether oxygens (including phenoxy) is 1. The Morgan fingerprint density at radius 1 is 1.09 bits per heavy atom. The molecule has 0 radical (unpaired) electrons. The van der Waals surface area contributed by atoms with Crippen LogP contribution in [0.15, 0.2) is 71.6 Å². The quantitative estimate of drug-likeness (QED) is 0.604. The number of primary sulfonamides is 1. The minimum atomic E-state index is -4.02. The Labute approximate surface area is 189 Å². The van der Waals surface area contributed by atoms with E-state index in [1.54, 1.807) is 42.5 Å². The maximum atomic E-state index is 13.8. The van der Waals surface area contributed by atoms with Gasteiger partial charge in [-0.05, 0) is 42.0 Å². The molecule has 0 saturated heterocycles. The standard InChI is InChI=1S/C22H18ClN3O5S/c1-31-19-10-7-14(23)11-16(19)22(28)26-18-9-8-15(32(24,29)30)12-17(18)25-21(27)20(26)13-5-3-2-4-6-13/h2-12,20H,1H3,(H,25,27)(H2,24,29,30). The molecule has 1 atom stereocenters. The van der Waals surface area contributed by atoms with Crippen LogP contribution in [0.1, 0.15) is 22.0 Å². The molecule has 0 aliphatic carbocycles. The van der Waals surface area contributed by atoms with Crippen molar-refractivity contribution >= 4 is 44.8 Å². The van der Waals surface area contributed by atoms with Crippen LogP contribution in [0.25, 0.3) is 0 Å². The van der Waals surface area contributed by atoms with E-state index in [9.17, 15) is 18.0 Å². The molecule has 0 bridgehead atoms. The fourth-order valence-electron chi connectivity index (χ4n) is 3.60. The summed E-state index contributed by atoms with van der Waals surface area (Å²) < 4.78 is 28.9. The highest BCUT2D eigenvalue weighted by atomic mass is 35.5. The highest BCUT2D eigenvalue weighted by Gasteiger charge is 2.39. The molecule has 3 aromatic carbocycles. The van der Waals surface area contributed by atoms with Crippen molar-refractivity contribution in [3.8, 4) is 5.75 Å². The maximum Gasteiger partial charge on any atom is 0.263 e. The number of hydrogen-bond acceptors (Lipinski definition) is 5. The predicted octanol–water partition coefficient (Wildman–Crippen LogP) is 3.34. The van der Waals surface area contributed by atoms with Crippen molar-refractivity contribution in [2.24, 2.45) is 5.14 Å². The monoisotopic (exact) mass is 471 g/mol. The number of benzene rings is 3. The van der Waals surface area contributed by atoms with Gasteiger partial charge in [0, 0.05) is 5.02 Å². The van der Waals surface area contributed by atoms with E-state index in [4.69, 9.17) is 21.5 Å². The molecular formula is C22H18ClN3O5S. The van der Waals surface area contributed by atoms with Gasteiger partial charge in [0.1, 0.15) is 11.8 Å². The van der Waals surface area contributed by atoms with Crippen LogP contribution in [0, 0.1) is 0 Å². The van der Waals surface area contributed by atoms with Crippen LogP contribution in [-0.4, -0.2) is 27.3 Å². The SMILES string of the molecule is COc1ccc(Cl)cc1C(=O)N1c2ccc(S(N)(=O)=O)cc2NC(=O)C1c1ccccc1. The molecule has 1 aliphatic rings. The Morgan fingerprint density at radius 3 is 2.47 bits per heavy atom. The number of nitrogens with one attached hydrogen (secondary N) is 1. The van der Waals surface area contributed by atoms with E-state index in [0.717, 1.165) is 0 Å². The fraction of sp³-hybridized carbons (Fsp3) is 0.0909. The largest absolute Gasteiger partial charge is 0.496 e. The van der Waals surface area contributed by atoms with Crippen molar-refractivity contribution in [3.05, 3.63) is 82.9 Å². The number of halogens is 1. The summed E-state index contributed by atoms with van der Waals surface area (Å²) in [6, 6.07) is 16.3. The first-order chi connectivity index (χ1) is 15.2. The summed E-state index contributed by atoms with van der Waals surface area (Å²) in [6.45, 7) is 0. The fourth-order valence-corrected chi connectivity index (χ4v) is 4.31. The van der Waals surface area contributed by atoms with E-state index in [1.165, 1.54) is 36.3 Å². The van der Waals surface area contributed by atoms with Gasteiger partial charge in [-0.1, -0.05) is 41.9 Å². The molecule has 1 aliphatic heterocycles. The van der Waals surface area contributed by atoms with Gasteiger partial charge in [-0.2, -0.15) is 0 Å². The van der Waals surface area contributed by atoms with Crippen LogP contribution in [0.5, 0.6) is 5.75 Å². The van der Waals surface area contributed by atoms with Crippen LogP contribution >= 0.6 is 11.6 Å². The van der Waals surface area contributed by atoms with E-state index in [1.807, 2.05) is 0 Å². The van der Waals surface area contributed by atoms with Gasteiger partial charge in [-0.15, -0.1) is 0 Å². The number of nitrogens with zero attached hydrogens (tertiary/aromatic N) is 1. The topological polar surface area (TPSA) is 119 Å². The molecule has 1 heterocycles. The number of anilines is 2. The average Bonchev–Trinajstić information content (AvgIpc) is 2.77. The number of nitrogens with two attached hydrogens (primary N) is 1. The zero-order valence-electron chi connectivity index (χ0n) is 16.8. The van der Waals surface area contributed by atoms with Crippen molar-refractivity contribution in [3.63, 3.8) is 0 Å². The van der Waals surface area contributed by atoms with E-state index < -0.39 is 27.9 Å². The van der Waals surface area contributed by atoms with Crippen LogP contribution in [0.3, 0.4) is 0 Å². The van der Waals surface area contributed by atoms with Crippen molar-refractivity contribution in [2.45, 2.75) is 10.9 Å². The summed E-state index contributed by atoms with van der Waals surface area (Å²) >= 11 is 6.12. The number of sulfonamides is 1. The first-order valence-corrected chi connectivity index (χ1v) is 11.3. The molecule has 8 nitrogen and oxygen atoms in total. The Kier molecular flexibility index (Phi) is 5.64. The van der Waals surface area contributed by atoms with Gasteiger partial charge >= 0.3 is 0 Å². The minimum absolute atomic E-state index is 0.142. The number of rotatable bonds is 4. The molecule has 0 aromatic heterocycles. The lowest BCUT2D eigenvalue weighted by atomic mass is 9.98. The number of fused-ring (bicyclic) bond motifs is 1. The van der Waals surface area contributed by atoms with Gasteiger partial charge < -0.3 is 10.1 Å². The van der Waals surface area contributed by atoms with Crippen LogP contribution in [0.4, 0.5) is 11.4 Å². The Morgan fingerprint density at radius 2 is 1.81 bits per heavy atom. The van der Waals surface area contributed by atoms with Crippen molar-refractivity contribution in [1.29, 1.82) is 0 Å². The van der Waals surface area contributed by atoms with Crippen LogP contribution in [0.2, 0.25) is 5.02 Å². The highest BCUT2D eigenvalue weighted by molar-refractivity contribution is 7.89.